The van der Waals surface area contributed by atoms with Crippen LogP contribution in [0.2, 0.25) is 5.02 Å². The lowest BCUT2D eigenvalue weighted by atomic mass is 9.78. The summed E-state index contributed by atoms with van der Waals surface area (Å²) in [5.74, 6) is 0.362. The van der Waals surface area contributed by atoms with Crippen LogP contribution in [-0.4, -0.2) is 27.8 Å². The molecule has 2 atom stereocenters. The summed E-state index contributed by atoms with van der Waals surface area (Å²) in [4.78, 5) is 18.8. The van der Waals surface area contributed by atoms with E-state index in [1.807, 2.05) is 36.7 Å². The van der Waals surface area contributed by atoms with Crippen LogP contribution in [0.25, 0.3) is 11.0 Å². The van der Waals surface area contributed by atoms with Crippen LogP contribution in [0.15, 0.2) is 48.8 Å². The van der Waals surface area contributed by atoms with Crippen molar-refractivity contribution < 1.29 is 9.53 Å². The zero-order valence-corrected chi connectivity index (χ0v) is 17.2. The molecule has 1 saturated heterocycles. The van der Waals surface area contributed by atoms with E-state index in [1.165, 1.54) is 0 Å². The number of amides is 1. The van der Waals surface area contributed by atoms with Crippen LogP contribution in [0.3, 0.4) is 0 Å². The van der Waals surface area contributed by atoms with Gasteiger partial charge in [-0.15, -0.1) is 0 Å². The first-order valence-electron chi connectivity index (χ1n) is 10.2. The Morgan fingerprint density at radius 2 is 2.17 bits per heavy atom. The highest BCUT2D eigenvalue weighted by Gasteiger charge is 2.48. The van der Waals surface area contributed by atoms with Crippen LogP contribution in [-0.2, 0) is 11.3 Å². The first-order valence-corrected chi connectivity index (χ1v) is 10.5. The van der Waals surface area contributed by atoms with Gasteiger partial charge in [0.15, 0.2) is 0 Å². The molecule has 2 aliphatic rings. The van der Waals surface area contributed by atoms with Gasteiger partial charge in [0.25, 0.3) is 0 Å². The number of nitriles is 1. The molecule has 152 valence electrons. The van der Waals surface area contributed by atoms with Crippen LogP contribution in [0, 0.1) is 17.2 Å². The third-order valence-corrected chi connectivity index (χ3v) is 6.54. The number of carbonyl (C=O) groups excluding carboxylic acids is 1. The van der Waals surface area contributed by atoms with Crippen molar-refractivity contribution in [1.29, 1.82) is 5.26 Å². The normalized spacial score (nSPS) is 23.7. The number of imidazole rings is 1. The number of hydrogen-bond acceptors (Lipinski definition) is 4. The highest BCUT2D eigenvalue weighted by Crippen LogP contribution is 2.43. The summed E-state index contributed by atoms with van der Waals surface area (Å²) in [6.45, 7) is 1.31. The predicted octanol–water partition coefficient (Wildman–Crippen LogP) is 5.15. The second-order valence-corrected chi connectivity index (χ2v) is 8.67. The molecule has 2 heterocycles. The fourth-order valence-electron chi connectivity index (χ4n) is 4.86. The number of anilines is 1. The number of nitrogens with zero attached hydrogens (tertiary/aromatic N) is 4. The third-order valence-electron chi connectivity index (χ3n) is 6.22. The Morgan fingerprint density at radius 1 is 1.30 bits per heavy atom. The molecule has 30 heavy (non-hydrogen) atoms. The Kier molecular flexibility index (Phi) is 4.63. The summed E-state index contributed by atoms with van der Waals surface area (Å²) < 4.78 is 8.06. The fourth-order valence-corrected chi connectivity index (χ4v) is 5.10. The van der Waals surface area contributed by atoms with Gasteiger partial charge in [0.1, 0.15) is 5.60 Å². The van der Waals surface area contributed by atoms with Crippen LogP contribution in [0.4, 0.5) is 10.5 Å². The molecule has 5 rings (SSSR count). The summed E-state index contributed by atoms with van der Waals surface area (Å²) in [5, 5.41) is 9.76. The first-order chi connectivity index (χ1) is 14.6. The Bertz CT molecular complexity index is 1170. The van der Waals surface area contributed by atoms with E-state index in [0.717, 1.165) is 43.3 Å². The predicted molar refractivity (Wildman–Crippen MR) is 114 cm³/mol. The molecule has 0 radical (unpaired) electrons. The maximum absolute atomic E-state index is 12.7. The van der Waals surface area contributed by atoms with E-state index in [0.29, 0.717) is 28.7 Å². The lowest BCUT2D eigenvalue weighted by molar-refractivity contribution is 0.00439. The number of rotatable bonds is 3. The Hall–Kier alpha value is -3.04. The Morgan fingerprint density at radius 3 is 3.00 bits per heavy atom. The van der Waals surface area contributed by atoms with Gasteiger partial charge in [0, 0.05) is 6.54 Å². The highest BCUT2D eigenvalue weighted by atomic mass is 35.5. The van der Waals surface area contributed by atoms with Gasteiger partial charge in [0.05, 0.1) is 46.2 Å². The van der Waals surface area contributed by atoms with Crippen molar-refractivity contribution in [3.8, 4) is 6.07 Å². The molecule has 0 N–H and O–H groups in total. The second kappa shape index (κ2) is 7.33. The van der Waals surface area contributed by atoms with Crippen molar-refractivity contribution in [1.82, 2.24) is 9.55 Å². The topological polar surface area (TPSA) is 71.2 Å². The van der Waals surface area contributed by atoms with Crippen molar-refractivity contribution in [2.24, 2.45) is 5.92 Å². The number of carbonyl (C=O) groups is 1. The monoisotopic (exact) mass is 420 g/mol. The molecule has 1 saturated carbocycles. The van der Waals surface area contributed by atoms with E-state index in [4.69, 9.17) is 16.3 Å². The zero-order chi connectivity index (χ0) is 20.7. The van der Waals surface area contributed by atoms with E-state index >= 15 is 0 Å². The van der Waals surface area contributed by atoms with E-state index in [2.05, 4.69) is 15.6 Å². The number of halogens is 1. The molecule has 1 spiro atoms. The average molecular weight is 421 g/mol. The van der Waals surface area contributed by atoms with Crippen molar-refractivity contribution in [2.45, 2.75) is 37.8 Å². The maximum atomic E-state index is 12.7. The van der Waals surface area contributed by atoms with Crippen molar-refractivity contribution in [2.75, 3.05) is 11.4 Å². The lowest BCUT2D eigenvalue weighted by Crippen LogP contribution is -2.40. The minimum absolute atomic E-state index is 0.324. The zero-order valence-electron chi connectivity index (χ0n) is 16.4. The number of benzene rings is 2. The fraction of sp³-hybridized carbons (Fsp3) is 0.348. The van der Waals surface area contributed by atoms with Gasteiger partial charge in [-0.25, -0.2) is 9.78 Å². The quantitative estimate of drug-likeness (QED) is 0.587. The van der Waals surface area contributed by atoms with Crippen molar-refractivity contribution >= 4 is 34.4 Å². The van der Waals surface area contributed by atoms with Crippen molar-refractivity contribution in [3.05, 3.63) is 59.4 Å². The number of hydrogen-bond donors (Lipinski definition) is 0. The molecule has 1 aliphatic heterocycles. The van der Waals surface area contributed by atoms with Gasteiger partial charge in [-0.3, -0.25) is 4.90 Å². The first kappa shape index (κ1) is 19.0. The van der Waals surface area contributed by atoms with E-state index < -0.39 is 5.60 Å². The third kappa shape index (κ3) is 3.29. The lowest BCUT2D eigenvalue weighted by Gasteiger charge is -2.36. The van der Waals surface area contributed by atoms with Gasteiger partial charge in [0.2, 0.25) is 0 Å². The summed E-state index contributed by atoms with van der Waals surface area (Å²) in [6, 6.07) is 15.1. The highest BCUT2D eigenvalue weighted by molar-refractivity contribution is 6.33. The molecule has 7 heteroatoms. The van der Waals surface area contributed by atoms with Crippen LogP contribution in [0.1, 0.15) is 31.2 Å². The Balaban J connectivity index is 1.36. The average Bonchev–Trinajstić information content (AvgIpc) is 3.28. The summed E-state index contributed by atoms with van der Waals surface area (Å²) in [7, 11) is 0. The van der Waals surface area contributed by atoms with Gasteiger partial charge in [-0.1, -0.05) is 23.7 Å². The van der Waals surface area contributed by atoms with Crippen molar-refractivity contribution in [3.63, 3.8) is 0 Å². The molecule has 0 unspecified atom stereocenters. The number of para-hydroxylation sites is 1. The Labute approximate surface area is 179 Å². The molecule has 2 aromatic carbocycles. The van der Waals surface area contributed by atoms with Crippen LogP contribution >= 0.6 is 11.6 Å². The molecular weight excluding hydrogens is 400 g/mol. The summed E-state index contributed by atoms with van der Waals surface area (Å²) in [5.41, 5.74) is 2.71. The van der Waals surface area contributed by atoms with Gasteiger partial charge in [-0.2, -0.15) is 5.26 Å². The number of fused-ring (bicyclic) bond motifs is 1. The molecule has 1 aromatic heterocycles. The molecule has 1 aliphatic carbocycles. The molecule has 1 amide bonds. The molecule has 6 nitrogen and oxygen atoms in total. The van der Waals surface area contributed by atoms with E-state index in [9.17, 15) is 10.1 Å². The molecular formula is C23H21ClN4O2. The number of ether oxygens (including phenoxy) is 1. The second-order valence-electron chi connectivity index (χ2n) is 8.26. The smallest absolute Gasteiger partial charge is 0.415 e. The van der Waals surface area contributed by atoms with Gasteiger partial charge in [-0.05, 0) is 61.9 Å². The molecule has 0 bridgehead atoms. The van der Waals surface area contributed by atoms with Crippen LogP contribution in [0.5, 0.6) is 0 Å². The van der Waals surface area contributed by atoms with Crippen LogP contribution < -0.4 is 4.90 Å². The van der Waals surface area contributed by atoms with E-state index in [-0.39, 0.29) is 6.09 Å². The standard InChI is InChI=1S/C23H21ClN4O2/c24-18-5-1-2-6-20(18)28-14-23(30-22(28)29)9-3-4-17(11-23)13-27-15-26-19-8-7-16(12-25)10-21(19)27/h1-2,5-8,10,15,17H,3-4,9,11,13-14H2/t17-,23-/m0/s1. The van der Waals surface area contributed by atoms with E-state index in [1.54, 1.807) is 17.0 Å². The number of aromatic nitrogens is 2. The molecule has 3 aromatic rings. The minimum atomic E-state index is -0.479. The largest absolute Gasteiger partial charge is 0.441 e. The minimum Gasteiger partial charge on any atom is -0.441 e. The van der Waals surface area contributed by atoms with Gasteiger partial charge < -0.3 is 9.30 Å². The SMILES string of the molecule is N#Cc1ccc2ncn(C[C@H]3CCC[C@]4(C3)CN(c3ccccc3Cl)C(=O)O4)c2c1. The summed E-state index contributed by atoms with van der Waals surface area (Å²) >= 11 is 6.32. The van der Waals surface area contributed by atoms with Gasteiger partial charge >= 0.3 is 6.09 Å². The molecule has 2 fully saturated rings. The maximum Gasteiger partial charge on any atom is 0.415 e. The summed E-state index contributed by atoms with van der Waals surface area (Å²) in [6.07, 6.45) is 5.25.